The van der Waals surface area contributed by atoms with Gasteiger partial charge in [-0.2, -0.15) is 0 Å². The summed E-state index contributed by atoms with van der Waals surface area (Å²) in [5.41, 5.74) is 2.06. The number of nitrogens with one attached hydrogen (secondary N) is 1. The summed E-state index contributed by atoms with van der Waals surface area (Å²) in [5.74, 6) is -0.858. The summed E-state index contributed by atoms with van der Waals surface area (Å²) in [6.45, 7) is 3.62. The van der Waals surface area contributed by atoms with E-state index in [9.17, 15) is 8.78 Å². The first-order valence-corrected chi connectivity index (χ1v) is 7.71. The summed E-state index contributed by atoms with van der Waals surface area (Å²) >= 11 is 14.9. The van der Waals surface area contributed by atoms with Crippen LogP contribution in [0.15, 0.2) is 28.7 Å². The van der Waals surface area contributed by atoms with E-state index in [-0.39, 0.29) is 16.9 Å². The number of halogens is 5. The highest BCUT2D eigenvalue weighted by molar-refractivity contribution is 9.10. The molecule has 0 aromatic heterocycles. The SMILES string of the molecule is Cc1cc(F)c(Br)cc1NC(C)c1cc(F)c(Cl)cc1Cl. The quantitative estimate of drug-likeness (QED) is 0.584. The van der Waals surface area contributed by atoms with Crippen molar-refractivity contribution < 1.29 is 8.78 Å². The standard InChI is InChI=1S/C15H12BrCl2F2N/c1-7-3-13(19)10(16)5-15(7)21-8(2)9-4-14(20)12(18)6-11(9)17/h3-6,8,21H,1-2H3. The number of rotatable bonds is 3. The van der Waals surface area contributed by atoms with E-state index < -0.39 is 5.82 Å². The third-order valence-electron chi connectivity index (χ3n) is 3.15. The van der Waals surface area contributed by atoms with E-state index in [1.54, 1.807) is 13.0 Å². The molecule has 0 amide bonds. The highest BCUT2D eigenvalue weighted by Gasteiger charge is 2.15. The minimum absolute atomic E-state index is 0.0170. The van der Waals surface area contributed by atoms with Gasteiger partial charge >= 0.3 is 0 Å². The summed E-state index contributed by atoms with van der Waals surface area (Å²) in [7, 11) is 0. The topological polar surface area (TPSA) is 12.0 Å². The van der Waals surface area contributed by atoms with Gasteiger partial charge in [0.25, 0.3) is 0 Å². The van der Waals surface area contributed by atoms with E-state index in [1.165, 1.54) is 18.2 Å². The molecule has 0 spiro atoms. The molecule has 2 aromatic rings. The van der Waals surface area contributed by atoms with Crippen molar-refractivity contribution in [3.05, 3.63) is 61.5 Å². The molecule has 2 aromatic carbocycles. The molecular weight excluding hydrogens is 383 g/mol. The number of anilines is 1. The van der Waals surface area contributed by atoms with Gasteiger partial charge in [0.2, 0.25) is 0 Å². The Morgan fingerprint density at radius 1 is 1.05 bits per heavy atom. The fourth-order valence-corrected chi connectivity index (χ4v) is 2.87. The zero-order valence-electron chi connectivity index (χ0n) is 11.3. The lowest BCUT2D eigenvalue weighted by Crippen LogP contribution is -2.09. The van der Waals surface area contributed by atoms with Crippen LogP contribution in [0.1, 0.15) is 24.1 Å². The molecule has 1 nitrogen and oxygen atoms in total. The van der Waals surface area contributed by atoms with Gasteiger partial charge in [-0.25, -0.2) is 8.78 Å². The van der Waals surface area contributed by atoms with Crippen LogP contribution in [-0.4, -0.2) is 0 Å². The molecule has 112 valence electrons. The monoisotopic (exact) mass is 393 g/mol. The molecule has 0 aliphatic heterocycles. The second-order valence-corrected chi connectivity index (χ2v) is 6.40. The lowest BCUT2D eigenvalue weighted by atomic mass is 10.1. The Labute approximate surface area is 140 Å². The summed E-state index contributed by atoms with van der Waals surface area (Å²) in [6, 6.07) is 5.47. The van der Waals surface area contributed by atoms with Gasteiger partial charge in [-0.15, -0.1) is 0 Å². The average molecular weight is 395 g/mol. The predicted molar refractivity (Wildman–Crippen MR) is 87.3 cm³/mol. The Bertz CT molecular complexity index is 692. The molecule has 0 fully saturated rings. The summed E-state index contributed by atoms with van der Waals surface area (Å²) < 4.78 is 27.4. The van der Waals surface area contributed by atoms with E-state index in [0.29, 0.717) is 15.1 Å². The van der Waals surface area contributed by atoms with Crippen molar-refractivity contribution in [2.45, 2.75) is 19.9 Å². The van der Waals surface area contributed by atoms with Crippen molar-refractivity contribution in [3.63, 3.8) is 0 Å². The Hall–Kier alpha value is -0.840. The van der Waals surface area contributed by atoms with Gasteiger partial charge in [-0.05, 0) is 65.2 Å². The first kappa shape index (κ1) is 16.5. The van der Waals surface area contributed by atoms with Crippen LogP contribution in [0.3, 0.4) is 0 Å². The molecule has 0 saturated heterocycles. The molecule has 0 aliphatic rings. The lowest BCUT2D eigenvalue weighted by Gasteiger charge is -2.19. The maximum Gasteiger partial charge on any atom is 0.142 e. The Kier molecular flexibility index (Phi) is 5.12. The second kappa shape index (κ2) is 6.51. The van der Waals surface area contributed by atoms with Crippen LogP contribution in [0.4, 0.5) is 14.5 Å². The summed E-state index contributed by atoms with van der Waals surface area (Å²) in [5, 5.41) is 3.55. The molecule has 1 N–H and O–H groups in total. The molecule has 1 atom stereocenters. The van der Waals surface area contributed by atoms with E-state index in [4.69, 9.17) is 23.2 Å². The van der Waals surface area contributed by atoms with Crippen LogP contribution >= 0.6 is 39.1 Å². The van der Waals surface area contributed by atoms with Crippen LogP contribution in [0.5, 0.6) is 0 Å². The summed E-state index contributed by atoms with van der Waals surface area (Å²) in [6.07, 6.45) is 0. The highest BCUT2D eigenvalue weighted by Crippen LogP contribution is 2.32. The van der Waals surface area contributed by atoms with Crippen molar-refractivity contribution in [2.75, 3.05) is 5.32 Å². The Morgan fingerprint density at radius 2 is 1.71 bits per heavy atom. The molecule has 2 rings (SSSR count). The smallest absolute Gasteiger partial charge is 0.142 e. The zero-order valence-corrected chi connectivity index (χ0v) is 14.4. The molecule has 0 bridgehead atoms. The number of aryl methyl sites for hydroxylation is 1. The van der Waals surface area contributed by atoms with Gasteiger partial charge < -0.3 is 5.32 Å². The third-order valence-corrected chi connectivity index (χ3v) is 4.37. The van der Waals surface area contributed by atoms with E-state index in [1.807, 2.05) is 6.92 Å². The summed E-state index contributed by atoms with van der Waals surface area (Å²) in [4.78, 5) is 0. The number of hydrogen-bond acceptors (Lipinski definition) is 1. The lowest BCUT2D eigenvalue weighted by molar-refractivity contribution is 0.620. The van der Waals surface area contributed by atoms with Gasteiger partial charge in [0.05, 0.1) is 15.5 Å². The maximum atomic E-state index is 13.6. The van der Waals surface area contributed by atoms with Crippen molar-refractivity contribution >= 4 is 44.8 Å². The predicted octanol–water partition coefficient (Wildman–Crippen LogP) is 6.52. The van der Waals surface area contributed by atoms with Gasteiger partial charge in [0, 0.05) is 10.7 Å². The van der Waals surface area contributed by atoms with Gasteiger partial charge in [-0.1, -0.05) is 23.2 Å². The number of benzene rings is 2. The van der Waals surface area contributed by atoms with Crippen molar-refractivity contribution in [2.24, 2.45) is 0 Å². The number of hydrogen-bond donors (Lipinski definition) is 1. The molecular formula is C15H12BrCl2F2N. The van der Waals surface area contributed by atoms with Crippen LogP contribution in [-0.2, 0) is 0 Å². The zero-order chi connectivity index (χ0) is 15.7. The van der Waals surface area contributed by atoms with Gasteiger partial charge in [-0.3, -0.25) is 0 Å². The average Bonchev–Trinajstić information content (AvgIpc) is 2.40. The first-order chi connectivity index (χ1) is 9.79. The highest BCUT2D eigenvalue weighted by atomic mass is 79.9. The third kappa shape index (κ3) is 3.68. The van der Waals surface area contributed by atoms with Crippen LogP contribution in [0.25, 0.3) is 0 Å². The normalized spacial score (nSPS) is 12.3. The Morgan fingerprint density at radius 3 is 2.38 bits per heavy atom. The molecule has 0 heterocycles. The molecule has 0 aliphatic carbocycles. The molecule has 1 unspecified atom stereocenters. The fraction of sp³-hybridized carbons (Fsp3) is 0.200. The molecule has 0 radical (unpaired) electrons. The van der Waals surface area contributed by atoms with Gasteiger partial charge in [0.15, 0.2) is 0 Å². The minimum atomic E-state index is -0.526. The molecule has 21 heavy (non-hydrogen) atoms. The second-order valence-electron chi connectivity index (χ2n) is 4.74. The van der Waals surface area contributed by atoms with E-state index >= 15 is 0 Å². The largest absolute Gasteiger partial charge is 0.378 e. The van der Waals surface area contributed by atoms with Crippen LogP contribution < -0.4 is 5.32 Å². The maximum absolute atomic E-state index is 13.6. The van der Waals surface area contributed by atoms with Crippen molar-refractivity contribution in [1.82, 2.24) is 0 Å². The van der Waals surface area contributed by atoms with Crippen molar-refractivity contribution in [1.29, 1.82) is 0 Å². The molecule has 0 saturated carbocycles. The van der Waals surface area contributed by atoms with E-state index in [2.05, 4.69) is 21.2 Å². The minimum Gasteiger partial charge on any atom is -0.378 e. The fourth-order valence-electron chi connectivity index (χ4n) is 1.98. The first-order valence-electron chi connectivity index (χ1n) is 6.16. The Balaban J connectivity index is 2.32. The van der Waals surface area contributed by atoms with Gasteiger partial charge in [0.1, 0.15) is 11.6 Å². The van der Waals surface area contributed by atoms with Crippen molar-refractivity contribution in [3.8, 4) is 0 Å². The van der Waals surface area contributed by atoms with Crippen LogP contribution in [0, 0.1) is 18.6 Å². The van der Waals surface area contributed by atoms with E-state index in [0.717, 1.165) is 11.3 Å². The molecule has 6 heteroatoms. The van der Waals surface area contributed by atoms with Crippen LogP contribution in [0.2, 0.25) is 10.0 Å².